The fourth-order valence-electron chi connectivity index (χ4n) is 1.75. The number of halogens is 1. The minimum Gasteiger partial charge on any atom is -0.372 e. The largest absolute Gasteiger partial charge is 0.372 e. The molecular formula is C14H23FN2. The van der Waals surface area contributed by atoms with Crippen molar-refractivity contribution < 1.29 is 4.39 Å². The summed E-state index contributed by atoms with van der Waals surface area (Å²) >= 11 is 0. The van der Waals surface area contributed by atoms with Gasteiger partial charge in [0, 0.05) is 13.6 Å². The molecule has 0 unspecified atom stereocenters. The molecular weight excluding hydrogens is 215 g/mol. The van der Waals surface area contributed by atoms with Gasteiger partial charge < -0.3 is 10.6 Å². The second-order valence-corrected chi connectivity index (χ2v) is 4.93. The molecule has 0 aromatic heterocycles. The van der Waals surface area contributed by atoms with Crippen molar-refractivity contribution in [1.82, 2.24) is 0 Å². The molecule has 0 radical (unpaired) electrons. The predicted molar refractivity (Wildman–Crippen MR) is 71.9 cm³/mol. The molecule has 2 N–H and O–H groups in total. The van der Waals surface area contributed by atoms with Crippen molar-refractivity contribution >= 4 is 5.69 Å². The van der Waals surface area contributed by atoms with Gasteiger partial charge in [0.25, 0.3) is 0 Å². The summed E-state index contributed by atoms with van der Waals surface area (Å²) in [6.07, 6.45) is 1.80. The van der Waals surface area contributed by atoms with Gasteiger partial charge in [0.05, 0.1) is 5.69 Å². The van der Waals surface area contributed by atoms with E-state index in [1.54, 1.807) is 6.07 Å². The molecule has 0 atom stereocenters. The lowest BCUT2D eigenvalue weighted by Gasteiger charge is -2.21. The predicted octanol–water partition coefficient (Wildman–Crippen LogP) is 2.81. The van der Waals surface area contributed by atoms with Gasteiger partial charge >= 0.3 is 0 Å². The zero-order valence-electron chi connectivity index (χ0n) is 11.0. The minimum absolute atomic E-state index is 0.151. The third-order valence-electron chi connectivity index (χ3n) is 2.90. The van der Waals surface area contributed by atoms with E-state index in [1.165, 1.54) is 0 Å². The van der Waals surface area contributed by atoms with E-state index in [0.29, 0.717) is 18.2 Å². The summed E-state index contributed by atoms with van der Waals surface area (Å²) in [5, 5.41) is 0. The number of hydrogen-bond acceptors (Lipinski definition) is 2. The maximum absolute atomic E-state index is 13.9. The van der Waals surface area contributed by atoms with Crippen LogP contribution in [-0.4, -0.2) is 20.1 Å². The fraction of sp³-hybridized carbons (Fsp3) is 0.571. The molecule has 1 aromatic carbocycles. The third-order valence-corrected chi connectivity index (χ3v) is 2.90. The lowest BCUT2D eigenvalue weighted by molar-refractivity contribution is 0.574. The Hall–Kier alpha value is -1.09. The molecule has 0 saturated heterocycles. The summed E-state index contributed by atoms with van der Waals surface area (Å²) < 4.78 is 13.9. The average molecular weight is 238 g/mol. The van der Waals surface area contributed by atoms with Crippen LogP contribution in [0, 0.1) is 11.7 Å². The summed E-state index contributed by atoms with van der Waals surface area (Å²) in [4.78, 5) is 1.97. The van der Waals surface area contributed by atoms with Crippen molar-refractivity contribution in [2.24, 2.45) is 11.7 Å². The number of hydrogen-bond donors (Lipinski definition) is 1. The van der Waals surface area contributed by atoms with Crippen LogP contribution in [0.2, 0.25) is 0 Å². The van der Waals surface area contributed by atoms with E-state index < -0.39 is 0 Å². The number of benzene rings is 1. The number of anilines is 1. The number of nitrogens with two attached hydrogens (primary N) is 1. The molecule has 17 heavy (non-hydrogen) atoms. The van der Waals surface area contributed by atoms with Crippen molar-refractivity contribution in [3.05, 3.63) is 29.6 Å². The second-order valence-electron chi connectivity index (χ2n) is 4.93. The molecule has 1 rings (SSSR count). The Morgan fingerprint density at radius 2 is 2.06 bits per heavy atom. The standard InChI is InChI=1S/C14H23FN2/c1-11(2)7-9-17(3)14-5-4-12(6-8-16)10-13(14)15/h4-5,10-11H,6-9,16H2,1-3H3. The summed E-state index contributed by atoms with van der Waals surface area (Å²) in [6.45, 7) is 5.79. The summed E-state index contributed by atoms with van der Waals surface area (Å²) in [6, 6.07) is 5.39. The van der Waals surface area contributed by atoms with Gasteiger partial charge in [0.1, 0.15) is 5.82 Å². The average Bonchev–Trinajstić information content (AvgIpc) is 2.26. The zero-order valence-corrected chi connectivity index (χ0v) is 11.0. The third kappa shape index (κ3) is 4.35. The van der Waals surface area contributed by atoms with Gasteiger partial charge in [-0.25, -0.2) is 4.39 Å². The van der Waals surface area contributed by atoms with Crippen molar-refractivity contribution in [2.75, 3.05) is 25.0 Å². The van der Waals surface area contributed by atoms with Gasteiger partial charge in [-0.1, -0.05) is 19.9 Å². The first kappa shape index (κ1) is 14.0. The van der Waals surface area contributed by atoms with E-state index in [9.17, 15) is 4.39 Å². The van der Waals surface area contributed by atoms with Crippen LogP contribution >= 0.6 is 0 Å². The van der Waals surface area contributed by atoms with E-state index in [1.807, 2.05) is 24.1 Å². The van der Waals surface area contributed by atoms with Crippen LogP contribution < -0.4 is 10.6 Å². The van der Waals surface area contributed by atoms with Crippen LogP contribution in [0.25, 0.3) is 0 Å². The van der Waals surface area contributed by atoms with Gasteiger partial charge in [-0.2, -0.15) is 0 Å². The highest BCUT2D eigenvalue weighted by Crippen LogP contribution is 2.20. The summed E-state index contributed by atoms with van der Waals surface area (Å²) in [5.41, 5.74) is 7.09. The molecule has 1 aromatic rings. The van der Waals surface area contributed by atoms with Gasteiger partial charge in [0.2, 0.25) is 0 Å². The minimum atomic E-state index is -0.151. The Labute approximate surface area is 104 Å². The van der Waals surface area contributed by atoms with Crippen molar-refractivity contribution in [2.45, 2.75) is 26.7 Å². The molecule has 0 spiro atoms. The van der Waals surface area contributed by atoms with Crippen LogP contribution in [0.15, 0.2) is 18.2 Å². The van der Waals surface area contributed by atoms with Gasteiger partial charge in [-0.15, -0.1) is 0 Å². The van der Waals surface area contributed by atoms with Crippen LogP contribution in [0.3, 0.4) is 0 Å². The molecule has 2 nitrogen and oxygen atoms in total. The van der Waals surface area contributed by atoms with Gasteiger partial charge in [-0.3, -0.25) is 0 Å². The van der Waals surface area contributed by atoms with E-state index in [2.05, 4.69) is 13.8 Å². The molecule has 0 aliphatic carbocycles. The quantitative estimate of drug-likeness (QED) is 0.825. The topological polar surface area (TPSA) is 29.3 Å². The van der Waals surface area contributed by atoms with E-state index in [0.717, 1.165) is 24.9 Å². The highest BCUT2D eigenvalue weighted by Gasteiger charge is 2.08. The maximum atomic E-state index is 13.9. The smallest absolute Gasteiger partial charge is 0.146 e. The maximum Gasteiger partial charge on any atom is 0.146 e. The highest BCUT2D eigenvalue weighted by atomic mass is 19.1. The van der Waals surface area contributed by atoms with Crippen LogP contribution in [-0.2, 0) is 6.42 Å². The van der Waals surface area contributed by atoms with Gasteiger partial charge in [0.15, 0.2) is 0 Å². The fourth-order valence-corrected chi connectivity index (χ4v) is 1.75. The van der Waals surface area contributed by atoms with Crippen LogP contribution in [0.5, 0.6) is 0 Å². The number of nitrogens with zero attached hydrogens (tertiary/aromatic N) is 1. The highest BCUT2D eigenvalue weighted by molar-refractivity contribution is 5.48. The molecule has 0 bridgehead atoms. The van der Waals surface area contributed by atoms with E-state index >= 15 is 0 Å². The molecule has 0 heterocycles. The second kappa shape index (κ2) is 6.60. The molecule has 0 aliphatic rings. The monoisotopic (exact) mass is 238 g/mol. The Bertz CT molecular complexity index is 350. The van der Waals surface area contributed by atoms with E-state index in [4.69, 9.17) is 5.73 Å². The molecule has 0 saturated carbocycles. The molecule has 0 aliphatic heterocycles. The Kier molecular flexibility index (Phi) is 5.42. The van der Waals surface area contributed by atoms with Gasteiger partial charge in [-0.05, 0) is 43.0 Å². The van der Waals surface area contributed by atoms with E-state index in [-0.39, 0.29) is 5.82 Å². The van der Waals surface area contributed by atoms with Crippen LogP contribution in [0.4, 0.5) is 10.1 Å². The van der Waals surface area contributed by atoms with Crippen LogP contribution in [0.1, 0.15) is 25.8 Å². The molecule has 3 heteroatoms. The summed E-state index contributed by atoms with van der Waals surface area (Å²) in [5.74, 6) is 0.485. The van der Waals surface area contributed by atoms with Crippen molar-refractivity contribution in [1.29, 1.82) is 0 Å². The summed E-state index contributed by atoms with van der Waals surface area (Å²) in [7, 11) is 1.93. The lowest BCUT2D eigenvalue weighted by Crippen LogP contribution is -2.21. The normalized spacial score (nSPS) is 10.9. The molecule has 96 valence electrons. The first-order chi connectivity index (χ1) is 8.04. The lowest BCUT2D eigenvalue weighted by atomic mass is 10.1. The molecule has 0 amide bonds. The van der Waals surface area contributed by atoms with Crippen molar-refractivity contribution in [3.8, 4) is 0 Å². The first-order valence-corrected chi connectivity index (χ1v) is 6.24. The zero-order chi connectivity index (χ0) is 12.8. The van der Waals surface area contributed by atoms with Crippen molar-refractivity contribution in [3.63, 3.8) is 0 Å². The Morgan fingerprint density at radius 3 is 2.59 bits per heavy atom. The number of rotatable bonds is 6. The SMILES string of the molecule is CC(C)CCN(C)c1ccc(CCN)cc1F. The Balaban J connectivity index is 2.70. The molecule has 0 fully saturated rings. The Morgan fingerprint density at radius 1 is 1.35 bits per heavy atom. The first-order valence-electron chi connectivity index (χ1n) is 6.24.